The van der Waals surface area contributed by atoms with E-state index in [0.717, 1.165) is 0 Å². The van der Waals surface area contributed by atoms with Crippen molar-refractivity contribution in [3.8, 4) is 0 Å². The molecule has 0 spiro atoms. The van der Waals surface area contributed by atoms with Crippen LogP contribution < -0.4 is 5.69 Å². The monoisotopic (exact) mass is 245 g/mol. The molecule has 0 unspecified atom stereocenters. The van der Waals surface area contributed by atoms with Crippen molar-refractivity contribution in [3.05, 3.63) is 10.5 Å². The second-order valence-corrected chi connectivity index (χ2v) is 4.68. The van der Waals surface area contributed by atoms with E-state index in [1.54, 1.807) is 4.57 Å². The van der Waals surface area contributed by atoms with Crippen LogP contribution in [0.2, 0.25) is 0 Å². The van der Waals surface area contributed by atoms with Gasteiger partial charge in [0.05, 0.1) is 0 Å². The van der Waals surface area contributed by atoms with Gasteiger partial charge in [-0.15, -0.1) is 5.10 Å². The highest BCUT2D eigenvalue weighted by molar-refractivity contribution is 7.99. The van der Waals surface area contributed by atoms with E-state index in [0.29, 0.717) is 17.3 Å². The van der Waals surface area contributed by atoms with Crippen LogP contribution in [0.3, 0.4) is 0 Å². The van der Waals surface area contributed by atoms with Crippen LogP contribution in [0.15, 0.2) is 9.95 Å². The number of thioether (sulfide) groups is 1. The van der Waals surface area contributed by atoms with Gasteiger partial charge in [0.25, 0.3) is 0 Å². The lowest BCUT2D eigenvalue weighted by molar-refractivity contribution is -0.137. The summed E-state index contributed by atoms with van der Waals surface area (Å²) in [6, 6.07) is 0.0493. The normalized spacial score (nSPS) is 10.9. The summed E-state index contributed by atoms with van der Waals surface area (Å²) in [7, 11) is 0. The zero-order chi connectivity index (χ0) is 12.1. The summed E-state index contributed by atoms with van der Waals surface area (Å²) in [5, 5.41) is 15.4. The van der Waals surface area contributed by atoms with Crippen molar-refractivity contribution in [2.45, 2.75) is 37.9 Å². The first-order valence-corrected chi connectivity index (χ1v) is 6.02. The van der Waals surface area contributed by atoms with Gasteiger partial charge in [-0.05, 0) is 20.3 Å². The van der Waals surface area contributed by atoms with E-state index >= 15 is 0 Å². The Morgan fingerprint density at radius 3 is 2.88 bits per heavy atom. The number of carboxylic acids is 1. The average molecular weight is 245 g/mol. The third kappa shape index (κ3) is 3.41. The Kier molecular flexibility index (Phi) is 4.60. The van der Waals surface area contributed by atoms with E-state index in [2.05, 4.69) is 10.2 Å². The van der Waals surface area contributed by atoms with E-state index in [4.69, 9.17) is 5.11 Å². The van der Waals surface area contributed by atoms with Crippen molar-refractivity contribution in [2.75, 3.05) is 5.75 Å². The molecule has 90 valence electrons. The Hall–Kier alpha value is -1.24. The van der Waals surface area contributed by atoms with Crippen LogP contribution in [0.5, 0.6) is 0 Å². The Bertz CT molecular complexity index is 410. The molecule has 0 radical (unpaired) electrons. The number of aromatic nitrogens is 3. The van der Waals surface area contributed by atoms with Crippen molar-refractivity contribution in [1.82, 2.24) is 14.8 Å². The number of hydrogen-bond donors (Lipinski definition) is 2. The topological polar surface area (TPSA) is 88.0 Å². The number of nitrogens with zero attached hydrogens (tertiary/aromatic N) is 2. The number of nitrogens with one attached hydrogen (secondary N) is 1. The highest BCUT2D eigenvalue weighted by atomic mass is 32.2. The van der Waals surface area contributed by atoms with Crippen molar-refractivity contribution >= 4 is 17.7 Å². The highest BCUT2D eigenvalue weighted by Gasteiger charge is 2.11. The van der Waals surface area contributed by atoms with Gasteiger partial charge in [-0.1, -0.05) is 11.8 Å². The average Bonchev–Trinajstić information content (AvgIpc) is 2.54. The molecule has 0 aliphatic heterocycles. The standard InChI is InChI=1S/C9H15N3O3S/c1-6(2)12-8(15)10-11-9(12)16-5-3-4-7(13)14/h6H,3-5H2,1-2H3,(H,10,15)(H,13,14). The molecule has 0 saturated carbocycles. The molecule has 0 bridgehead atoms. The van der Waals surface area contributed by atoms with Crippen molar-refractivity contribution in [1.29, 1.82) is 0 Å². The Labute approximate surface area is 97.1 Å². The van der Waals surface area contributed by atoms with Crippen molar-refractivity contribution in [2.24, 2.45) is 0 Å². The summed E-state index contributed by atoms with van der Waals surface area (Å²) in [6.07, 6.45) is 0.711. The Morgan fingerprint density at radius 2 is 2.31 bits per heavy atom. The lowest BCUT2D eigenvalue weighted by Gasteiger charge is -2.07. The van der Waals surface area contributed by atoms with E-state index in [9.17, 15) is 9.59 Å². The highest BCUT2D eigenvalue weighted by Crippen LogP contribution is 2.17. The molecular formula is C9H15N3O3S. The lowest BCUT2D eigenvalue weighted by atomic mass is 10.3. The van der Waals surface area contributed by atoms with Gasteiger partial charge in [0.15, 0.2) is 5.16 Å². The predicted octanol–water partition coefficient (Wildman–Crippen LogP) is 1.11. The van der Waals surface area contributed by atoms with Crippen molar-refractivity contribution < 1.29 is 9.90 Å². The number of H-pyrrole nitrogens is 1. The Balaban J connectivity index is 2.54. The zero-order valence-corrected chi connectivity index (χ0v) is 10.1. The maximum absolute atomic E-state index is 11.4. The molecule has 0 fully saturated rings. The van der Waals surface area contributed by atoms with Crippen LogP contribution in [0.4, 0.5) is 0 Å². The molecule has 0 aliphatic carbocycles. The predicted molar refractivity (Wildman–Crippen MR) is 60.8 cm³/mol. The van der Waals surface area contributed by atoms with E-state index in [1.807, 2.05) is 13.8 Å². The molecule has 1 aromatic rings. The minimum absolute atomic E-state index is 0.0493. The minimum Gasteiger partial charge on any atom is -0.481 e. The van der Waals surface area contributed by atoms with Crippen LogP contribution >= 0.6 is 11.8 Å². The number of hydrogen-bond acceptors (Lipinski definition) is 4. The largest absolute Gasteiger partial charge is 0.481 e. The van der Waals surface area contributed by atoms with Crippen LogP contribution in [-0.4, -0.2) is 31.6 Å². The number of carboxylic acid groups (broad SMARTS) is 1. The third-order valence-electron chi connectivity index (χ3n) is 1.95. The first-order valence-electron chi connectivity index (χ1n) is 5.04. The van der Waals surface area contributed by atoms with E-state index in [-0.39, 0.29) is 18.2 Å². The summed E-state index contributed by atoms with van der Waals surface area (Å²) in [4.78, 5) is 21.7. The number of aliphatic carboxylic acids is 1. The van der Waals surface area contributed by atoms with Crippen LogP contribution in [0, 0.1) is 0 Å². The van der Waals surface area contributed by atoms with Crippen LogP contribution in [0.1, 0.15) is 32.7 Å². The number of rotatable bonds is 6. The molecule has 1 heterocycles. The molecule has 16 heavy (non-hydrogen) atoms. The maximum atomic E-state index is 11.4. The number of carbonyl (C=O) groups is 1. The lowest BCUT2D eigenvalue weighted by Crippen LogP contribution is -2.19. The molecule has 0 amide bonds. The van der Waals surface area contributed by atoms with Gasteiger partial charge in [0.2, 0.25) is 0 Å². The molecular weight excluding hydrogens is 230 g/mol. The fourth-order valence-electron chi connectivity index (χ4n) is 1.23. The van der Waals surface area contributed by atoms with Crippen LogP contribution in [-0.2, 0) is 4.79 Å². The van der Waals surface area contributed by atoms with Gasteiger partial charge in [-0.3, -0.25) is 9.36 Å². The molecule has 1 rings (SSSR count). The quantitative estimate of drug-likeness (QED) is 0.579. The summed E-state index contributed by atoms with van der Waals surface area (Å²) in [6.45, 7) is 3.80. The van der Waals surface area contributed by atoms with E-state index < -0.39 is 5.97 Å². The zero-order valence-electron chi connectivity index (χ0n) is 9.27. The SMILES string of the molecule is CC(C)n1c(SCCCC(=O)O)n[nH]c1=O. The molecule has 0 aliphatic rings. The maximum Gasteiger partial charge on any atom is 0.344 e. The smallest absolute Gasteiger partial charge is 0.344 e. The second-order valence-electron chi connectivity index (χ2n) is 3.62. The summed E-state index contributed by atoms with van der Waals surface area (Å²) in [5.74, 6) is -0.160. The molecule has 6 nitrogen and oxygen atoms in total. The summed E-state index contributed by atoms with van der Waals surface area (Å²) < 4.78 is 1.56. The molecule has 0 saturated heterocycles. The minimum atomic E-state index is -0.802. The molecule has 0 atom stereocenters. The van der Waals surface area contributed by atoms with Gasteiger partial charge < -0.3 is 5.11 Å². The fraction of sp³-hybridized carbons (Fsp3) is 0.667. The van der Waals surface area contributed by atoms with E-state index in [1.165, 1.54) is 11.8 Å². The second kappa shape index (κ2) is 5.74. The summed E-state index contributed by atoms with van der Waals surface area (Å²) >= 11 is 1.40. The van der Waals surface area contributed by atoms with Gasteiger partial charge in [-0.2, -0.15) is 0 Å². The van der Waals surface area contributed by atoms with Gasteiger partial charge in [-0.25, -0.2) is 9.89 Å². The molecule has 0 aromatic carbocycles. The first-order chi connectivity index (χ1) is 7.52. The third-order valence-corrected chi connectivity index (χ3v) is 2.99. The molecule has 1 aromatic heterocycles. The number of aromatic amines is 1. The van der Waals surface area contributed by atoms with Gasteiger partial charge >= 0.3 is 11.7 Å². The fourth-order valence-corrected chi connectivity index (χ4v) is 2.25. The summed E-state index contributed by atoms with van der Waals surface area (Å²) in [5.41, 5.74) is -0.226. The molecule has 7 heteroatoms. The van der Waals surface area contributed by atoms with Gasteiger partial charge in [0, 0.05) is 18.2 Å². The Morgan fingerprint density at radius 1 is 1.62 bits per heavy atom. The first kappa shape index (κ1) is 12.8. The molecule has 2 N–H and O–H groups in total. The van der Waals surface area contributed by atoms with Gasteiger partial charge in [0.1, 0.15) is 0 Å². The van der Waals surface area contributed by atoms with Crippen molar-refractivity contribution in [3.63, 3.8) is 0 Å². The van der Waals surface area contributed by atoms with Crippen LogP contribution in [0.25, 0.3) is 0 Å².